The summed E-state index contributed by atoms with van der Waals surface area (Å²) >= 11 is 0. The Kier molecular flexibility index (Phi) is 4.99. The van der Waals surface area contributed by atoms with Crippen LogP contribution < -0.4 is 4.72 Å². The van der Waals surface area contributed by atoms with Gasteiger partial charge in [0.2, 0.25) is 10.0 Å². The third-order valence-corrected chi connectivity index (χ3v) is 4.39. The van der Waals surface area contributed by atoms with Gasteiger partial charge in [-0.25, -0.2) is 13.2 Å². The Bertz CT molecular complexity index is 720. The van der Waals surface area contributed by atoms with E-state index in [1.54, 1.807) is 25.1 Å². The zero-order valence-corrected chi connectivity index (χ0v) is 13.1. The summed E-state index contributed by atoms with van der Waals surface area (Å²) < 4.78 is 37.2. The number of ether oxygens (including phenoxy) is 1. The van der Waals surface area contributed by atoms with Gasteiger partial charge in [0.05, 0.1) is 17.8 Å². The molecule has 2 rings (SSSR count). The summed E-state index contributed by atoms with van der Waals surface area (Å²) in [4.78, 5) is 12.1. The molecular formula is C15H17NO5S. The van der Waals surface area contributed by atoms with Crippen LogP contribution in [0.15, 0.2) is 52.0 Å². The Morgan fingerprint density at radius 1 is 1.27 bits per heavy atom. The van der Waals surface area contributed by atoms with E-state index in [0.717, 1.165) is 5.56 Å². The van der Waals surface area contributed by atoms with Gasteiger partial charge in [-0.2, -0.15) is 4.72 Å². The molecule has 1 aromatic carbocycles. The summed E-state index contributed by atoms with van der Waals surface area (Å²) in [5, 5.41) is 0. The molecule has 0 aliphatic carbocycles. The number of furan rings is 1. The molecule has 6 nitrogen and oxygen atoms in total. The molecule has 0 bridgehead atoms. The normalized spacial score (nSPS) is 12.8. The number of carbonyl (C=O) groups excluding carboxylic acids is 1. The highest BCUT2D eigenvalue weighted by Crippen LogP contribution is 2.19. The van der Waals surface area contributed by atoms with Crippen LogP contribution in [-0.2, 0) is 19.6 Å². The second-order valence-electron chi connectivity index (χ2n) is 4.63. The van der Waals surface area contributed by atoms with Gasteiger partial charge in [-0.1, -0.05) is 17.7 Å². The van der Waals surface area contributed by atoms with Crippen molar-refractivity contribution in [1.29, 1.82) is 0 Å². The van der Waals surface area contributed by atoms with Crippen molar-refractivity contribution in [1.82, 2.24) is 4.72 Å². The van der Waals surface area contributed by atoms with Gasteiger partial charge in [0.1, 0.15) is 5.76 Å². The van der Waals surface area contributed by atoms with Crippen LogP contribution in [0, 0.1) is 6.92 Å². The standard InChI is InChI=1S/C15H17NO5S/c1-3-20-15(17)14(13-5-4-10-21-13)16-22(18,19)12-8-6-11(2)7-9-12/h4-10,14,16H,3H2,1-2H3. The highest BCUT2D eigenvalue weighted by Gasteiger charge is 2.30. The van der Waals surface area contributed by atoms with E-state index in [4.69, 9.17) is 9.15 Å². The van der Waals surface area contributed by atoms with E-state index in [1.807, 2.05) is 6.92 Å². The summed E-state index contributed by atoms with van der Waals surface area (Å²) in [5.41, 5.74) is 0.937. The molecule has 22 heavy (non-hydrogen) atoms. The smallest absolute Gasteiger partial charge is 0.332 e. The molecule has 0 amide bonds. The maximum atomic E-state index is 12.4. The fourth-order valence-corrected chi connectivity index (χ4v) is 3.00. The van der Waals surface area contributed by atoms with Gasteiger partial charge in [-0.3, -0.25) is 0 Å². The number of benzene rings is 1. The van der Waals surface area contributed by atoms with E-state index >= 15 is 0 Å². The number of aryl methyl sites for hydroxylation is 1. The van der Waals surface area contributed by atoms with Gasteiger partial charge < -0.3 is 9.15 Å². The van der Waals surface area contributed by atoms with Gasteiger partial charge in [-0.05, 0) is 38.1 Å². The summed E-state index contributed by atoms with van der Waals surface area (Å²) in [7, 11) is -3.88. The molecule has 0 saturated heterocycles. The Labute approximate surface area is 129 Å². The average molecular weight is 323 g/mol. The molecule has 0 fully saturated rings. The summed E-state index contributed by atoms with van der Waals surface area (Å²) in [6.45, 7) is 3.64. The summed E-state index contributed by atoms with van der Waals surface area (Å²) in [6.07, 6.45) is 1.36. The second-order valence-corrected chi connectivity index (χ2v) is 6.35. The third kappa shape index (κ3) is 3.75. The van der Waals surface area contributed by atoms with Crippen LogP contribution in [0.2, 0.25) is 0 Å². The zero-order chi connectivity index (χ0) is 16.2. The molecule has 7 heteroatoms. The van der Waals surface area contributed by atoms with E-state index < -0.39 is 22.0 Å². The molecule has 118 valence electrons. The summed E-state index contributed by atoms with van der Waals surface area (Å²) in [6, 6.07) is 8.17. The molecule has 1 N–H and O–H groups in total. The van der Waals surface area contributed by atoms with Crippen molar-refractivity contribution >= 4 is 16.0 Å². The predicted octanol–water partition coefficient (Wildman–Crippen LogP) is 2.17. The molecule has 0 aliphatic rings. The number of sulfonamides is 1. The largest absolute Gasteiger partial charge is 0.467 e. The lowest BCUT2D eigenvalue weighted by Crippen LogP contribution is -2.34. The highest BCUT2D eigenvalue weighted by atomic mass is 32.2. The van der Waals surface area contributed by atoms with Crippen LogP contribution >= 0.6 is 0 Å². The molecule has 0 radical (unpaired) electrons. The van der Waals surface area contributed by atoms with Crippen LogP contribution in [0.3, 0.4) is 0 Å². The fourth-order valence-electron chi connectivity index (χ4n) is 1.84. The Morgan fingerprint density at radius 3 is 2.50 bits per heavy atom. The lowest BCUT2D eigenvalue weighted by atomic mass is 10.2. The molecule has 1 heterocycles. The quantitative estimate of drug-likeness (QED) is 0.823. The first-order valence-corrected chi connectivity index (χ1v) is 8.21. The Morgan fingerprint density at radius 2 is 1.95 bits per heavy atom. The first-order chi connectivity index (χ1) is 10.4. The van der Waals surface area contributed by atoms with Gasteiger partial charge in [-0.15, -0.1) is 0 Å². The van der Waals surface area contributed by atoms with Gasteiger partial charge in [0.15, 0.2) is 6.04 Å². The highest BCUT2D eigenvalue weighted by molar-refractivity contribution is 7.89. The van der Waals surface area contributed by atoms with Crippen LogP contribution in [0.25, 0.3) is 0 Å². The molecule has 0 aliphatic heterocycles. The van der Waals surface area contributed by atoms with E-state index in [9.17, 15) is 13.2 Å². The Hall–Kier alpha value is -2.12. The van der Waals surface area contributed by atoms with Gasteiger partial charge >= 0.3 is 5.97 Å². The minimum Gasteiger partial charge on any atom is -0.467 e. The minimum absolute atomic E-state index is 0.0685. The topological polar surface area (TPSA) is 85.6 Å². The van der Waals surface area contributed by atoms with E-state index in [-0.39, 0.29) is 17.3 Å². The first-order valence-electron chi connectivity index (χ1n) is 6.73. The maximum absolute atomic E-state index is 12.4. The maximum Gasteiger partial charge on any atom is 0.332 e. The number of nitrogens with one attached hydrogen (secondary N) is 1. The molecule has 1 atom stereocenters. The third-order valence-electron chi connectivity index (χ3n) is 2.95. The molecule has 1 unspecified atom stereocenters. The molecule has 2 aromatic rings. The van der Waals surface area contributed by atoms with Gasteiger partial charge in [0, 0.05) is 0 Å². The number of esters is 1. The molecule has 0 saturated carbocycles. The van der Waals surface area contributed by atoms with Crippen molar-refractivity contribution in [2.24, 2.45) is 0 Å². The number of carbonyl (C=O) groups is 1. The number of hydrogen-bond donors (Lipinski definition) is 1. The van der Waals surface area contributed by atoms with Crippen LogP contribution in [-0.4, -0.2) is 21.0 Å². The zero-order valence-electron chi connectivity index (χ0n) is 12.3. The molecule has 0 spiro atoms. The van der Waals surface area contributed by atoms with Gasteiger partial charge in [0.25, 0.3) is 0 Å². The predicted molar refractivity (Wildman–Crippen MR) is 79.6 cm³/mol. The van der Waals surface area contributed by atoms with E-state index in [2.05, 4.69) is 4.72 Å². The van der Waals surface area contributed by atoms with Crippen LogP contribution in [0.5, 0.6) is 0 Å². The minimum atomic E-state index is -3.88. The van der Waals surface area contributed by atoms with Crippen molar-refractivity contribution in [3.63, 3.8) is 0 Å². The van der Waals surface area contributed by atoms with Crippen LogP contribution in [0.1, 0.15) is 24.3 Å². The number of rotatable bonds is 6. The van der Waals surface area contributed by atoms with Crippen molar-refractivity contribution in [3.05, 3.63) is 54.0 Å². The van der Waals surface area contributed by atoms with Crippen molar-refractivity contribution in [2.45, 2.75) is 24.8 Å². The Balaban J connectivity index is 2.30. The average Bonchev–Trinajstić information content (AvgIpc) is 2.99. The SMILES string of the molecule is CCOC(=O)C(NS(=O)(=O)c1ccc(C)cc1)c1ccco1. The first kappa shape index (κ1) is 16.3. The summed E-state index contributed by atoms with van der Waals surface area (Å²) in [5.74, 6) is -0.540. The second kappa shape index (κ2) is 6.76. The van der Waals surface area contributed by atoms with Crippen LogP contribution in [0.4, 0.5) is 0 Å². The van der Waals surface area contributed by atoms with Crippen molar-refractivity contribution in [2.75, 3.05) is 6.61 Å². The monoisotopic (exact) mass is 323 g/mol. The lowest BCUT2D eigenvalue weighted by molar-refractivity contribution is -0.145. The van der Waals surface area contributed by atoms with E-state index in [0.29, 0.717) is 0 Å². The molecular weight excluding hydrogens is 306 g/mol. The fraction of sp³-hybridized carbons (Fsp3) is 0.267. The number of hydrogen-bond acceptors (Lipinski definition) is 5. The molecule has 1 aromatic heterocycles. The van der Waals surface area contributed by atoms with Crippen molar-refractivity contribution in [3.8, 4) is 0 Å². The van der Waals surface area contributed by atoms with Crippen molar-refractivity contribution < 1.29 is 22.4 Å². The van der Waals surface area contributed by atoms with E-state index in [1.165, 1.54) is 24.5 Å². The lowest BCUT2D eigenvalue weighted by Gasteiger charge is -2.15.